The summed E-state index contributed by atoms with van der Waals surface area (Å²) in [5.74, 6) is -1.39. The van der Waals surface area contributed by atoms with Crippen LogP contribution in [0.15, 0.2) is 69.8 Å². The molecular weight excluding hydrogens is 398 g/mol. The number of carbonyl (C=O) groups is 2. The zero-order valence-electron chi connectivity index (χ0n) is 12.2. The molecule has 0 amide bonds. The molecule has 0 aromatic heterocycles. The number of hydrogen-bond donors (Lipinski definition) is 1. The zero-order chi connectivity index (χ0) is 17.1. The number of ether oxygens (including phenoxy) is 2. The molecule has 2 aromatic carbocycles. The van der Waals surface area contributed by atoms with E-state index in [0.717, 1.165) is 0 Å². The lowest BCUT2D eigenvalue weighted by atomic mass is 10.2. The van der Waals surface area contributed by atoms with E-state index in [1.54, 1.807) is 36.4 Å². The molecule has 1 aliphatic heterocycles. The molecule has 0 saturated carbocycles. The fraction of sp³-hybridized carbons (Fsp3) is 0.0588. The zero-order valence-corrected chi connectivity index (χ0v) is 14.5. The van der Waals surface area contributed by atoms with Crippen LogP contribution in [0.5, 0.6) is 0 Å². The molecule has 5 nitrogen and oxygen atoms in total. The van der Waals surface area contributed by atoms with Gasteiger partial charge in [-0.25, -0.2) is 9.59 Å². The van der Waals surface area contributed by atoms with Crippen molar-refractivity contribution in [1.82, 2.24) is 0 Å². The number of cyclic esters (lactones) is 1. The summed E-state index contributed by atoms with van der Waals surface area (Å²) in [6.45, 7) is 0. The molecule has 2 aromatic rings. The number of carbonyl (C=O) groups excluding carboxylic acids is 2. The van der Waals surface area contributed by atoms with Gasteiger partial charge in [0.25, 0.3) is 6.29 Å². The molecule has 1 heterocycles. The van der Waals surface area contributed by atoms with Crippen molar-refractivity contribution in [1.29, 1.82) is 0 Å². The molecule has 1 N–H and O–H groups in total. The molecule has 0 unspecified atom stereocenters. The van der Waals surface area contributed by atoms with Gasteiger partial charge in [-0.2, -0.15) is 0 Å². The van der Waals surface area contributed by atoms with Gasteiger partial charge >= 0.3 is 11.9 Å². The number of benzene rings is 2. The van der Waals surface area contributed by atoms with E-state index in [2.05, 4.69) is 21.2 Å². The molecule has 0 fully saturated rings. The second-order valence-corrected chi connectivity index (χ2v) is 6.07. The molecule has 0 spiro atoms. The summed E-state index contributed by atoms with van der Waals surface area (Å²) in [5, 5.41) is 2.81. The number of para-hydroxylation sites is 1. The van der Waals surface area contributed by atoms with Gasteiger partial charge < -0.3 is 14.8 Å². The number of esters is 2. The van der Waals surface area contributed by atoms with Crippen molar-refractivity contribution in [2.24, 2.45) is 0 Å². The minimum absolute atomic E-state index is 0.149. The molecule has 0 bridgehead atoms. The van der Waals surface area contributed by atoms with Crippen LogP contribution in [0.3, 0.4) is 0 Å². The summed E-state index contributed by atoms with van der Waals surface area (Å²) in [7, 11) is 0. The average molecular weight is 409 g/mol. The number of rotatable bonds is 4. The fourth-order valence-electron chi connectivity index (χ4n) is 2.08. The van der Waals surface area contributed by atoms with Gasteiger partial charge in [0.15, 0.2) is 5.03 Å². The lowest BCUT2D eigenvalue weighted by molar-refractivity contribution is -0.152. The molecule has 7 heteroatoms. The van der Waals surface area contributed by atoms with Crippen molar-refractivity contribution < 1.29 is 19.1 Å². The monoisotopic (exact) mass is 407 g/mol. The minimum atomic E-state index is -1.23. The van der Waals surface area contributed by atoms with E-state index in [1.807, 2.05) is 18.2 Å². The largest absolute Gasteiger partial charge is 0.415 e. The Morgan fingerprint density at radius 3 is 2.50 bits per heavy atom. The van der Waals surface area contributed by atoms with Gasteiger partial charge in [-0.15, -0.1) is 0 Å². The highest BCUT2D eigenvalue weighted by Crippen LogP contribution is 2.29. The first-order valence-electron chi connectivity index (χ1n) is 6.94. The molecule has 0 radical (unpaired) electrons. The maximum Gasteiger partial charge on any atom is 0.355 e. The quantitative estimate of drug-likeness (QED) is 0.773. The van der Waals surface area contributed by atoms with Gasteiger partial charge in [0.2, 0.25) is 0 Å². The van der Waals surface area contributed by atoms with Gasteiger partial charge in [0.1, 0.15) is 5.70 Å². The van der Waals surface area contributed by atoms with E-state index in [9.17, 15) is 9.59 Å². The Kier molecular flexibility index (Phi) is 4.87. The third kappa shape index (κ3) is 3.44. The van der Waals surface area contributed by atoms with Gasteiger partial charge in [0.05, 0.1) is 5.56 Å². The lowest BCUT2D eigenvalue weighted by Crippen LogP contribution is -2.24. The van der Waals surface area contributed by atoms with Crippen LogP contribution >= 0.6 is 27.5 Å². The van der Waals surface area contributed by atoms with Gasteiger partial charge in [-0.05, 0) is 40.2 Å². The molecule has 0 aliphatic carbocycles. The highest BCUT2D eigenvalue weighted by Gasteiger charge is 2.36. The van der Waals surface area contributed by atoms with Crippen molar-refractivity contribution >= 4 is 45.2 Å². The molecule has 1 atom stereocenters. The topological polar surface area (TPSA) is 64.6 Å². The SMILES string of the molecule is O=C1O[C@H](OC(=O)c2ccccc2Br)C(Nc2ccccc2)=C1Cl. The predicted octanol–water partition coefficient (Wildman–Crippen LogP) is 4.05. The number of anilines is 1. The Morgan fingerprint density at radius 2 is 1.79 bits per heavy atom. The highest BCUT2D eigenvalue weighted by molar-refractivity contribution is 9.10. The Bertz CT molecular complexity index is 822. The van der Waals surface area contributed by atoms with Gasteiger partial charge in [-0.1, -0.05) is 41.9 Å². The van der Waals surface area contributed by atoms with E-state index in [1.165, 1.54) is 0 Å². The summed E-state index contributed by atoms with van der Waals surface area (Å²) >= 11 is 9.25. The molecule has 122 valence electrons. The van der Waals surface area contributed by atoms with Crippen LogP contribution in [-0.4, -0.2) is 18.2 Å². The number of nitrogens with one attached hydrogen (secondary N) is 1. The van der Waals surface area contributed by atoms with Crippen LogP contribution in [0.4, 0.5) is 5.69 Å². The van der Waals surface area contributed by atoms with E-state index in [-0.39, 0.29) is 10.7 Å². The van der Waals surface area contributed by atoms with E-state index in [0.29, 0.717) is 15.7 Å². The average Bonchev–Trinajstić information content (AvgIpc) is 2.84. The Morgan fingerprint density at radius 1 is 1.12 bits per heavy atom. The fourth-order valence-corrected chi connectivity index (χ4v) is 2.71. The Labute approximate surface area is 151 Å². The summed E-state index contributed by atoms with van der Waals surface area (Å²) in [5.41, 5.74) is 1.19. The standard InChI is InChI=1S/C17H11BrClNO4/c18-12-9-5-4-8-11(12)15(21)23-17-14(13(19)16(22)24-17)20-10-6-2-1-3-7-10/h1-9,17,20H/t17-/m0/s1. The second kappa shape index (κ2) is 7.07. The van der Waals surface area contributed by atoms with Crippen LogP contribution < -0.4 is 5.32 Å². The van der Waals surface area contributed by atoms with E-state index < -0.39 is 18.2 Å². The van der Waals surface area contributed by atoms with E-state index >= 15 is 0 Å². The third-order valence-corrected chi connectivity index (χ3v) is 4.28. The number of hydrogen-bond acceptors (Lipinski definition) is 5. The summed E-state index contributed by atoms with van der Waals surface area (Å²) in [6, 6.07) is 15.8. The van der Waals surface area contributed by atoms with Crippen molar-refractivity contribution in [3.05, 3.63) is 75.4 Å². The van der Waals surface area contributed by atoms with Crippen molar-refractivity contribution in [2.45, 2.75) is 6.29 Å². The predicted molar refractivity (Wildman–Crippen MR) is 92.4 cm³/mol. The van der Waals surface area contributed by atoms with Gasteiger partial charge in [-0.3, -0.25) is 0 Å². The Balaban J connectivity index is 1.81. The van der Waals surface area contributed by atoms with Crippen LogP contribution in [0.25, 0.3) is 0 Å². The minimum Gasteiger partial charge on any atom is -0.415 e. The molecular formula is C17H11BrClNO4. The Hall–Kier alpha value is -2.31. The molecule has 24 heavy (non-hydrogen) atoms. The van der Waals surface area contributed by atoms with E-state index in [4.69, 9.17) is 21.1 Å². The van der Waals surface area contributed by atoms with Gasteiger partial charge in [0, 0.05) is 10.2 Å². The van der Waals surface area contributed by atoms with Crippen LogP contribution in [0.2, 0.25) is 0 Å². The molecule has 1 aliphatic rings. The second-order valence-electron chi connectivity index (χ2n) is 4.84. The van der Waals surface area contributed by atoms with Crippen molar-refractivity contribution in [3.63, 3.8) is 0 Å². The first-order chi connectivity index (χ1) is 11.6. The van der Waals surface area contributed by atoms with Crippen LogP contribution in [0, 0.1) is 0 Å². The molecule has 3 rings (SSSR count). The van der Waals surface area contributed by atoms with Crippen molar-refractivity contribution in [2.75, 3.05) is 5.32 Å². The maximum absolute atomic E-state index is 12.3. The molecule has 0 saturated heterocycles. The maximum atomic E-state index is 12.3. The smallest absolute Gasteiger partial charge is 0.355 e. The highest BCUT2D eigenvalue weighted by atomic mass is 79.9. The summed E-state index contributed by atoms with van der Waals surface area (Å²) in [4.78, 5) is 24.0. The number of halogens is 2. The summed E-state index contributed by atoms with van der Waals surface area (Å²) < 4.78 is 10.9. The van der Waals surface area contributed by atoms with Crippen LogP contribution in [-0.2, 0) is 14.3 Å². The normalized spacial score (nSPS) is 16.8. The first kappa shape index (κ1) is 16.5. The first-order valence-corrected chi connectivity index (χ1v) is 8.11. The summed E-state index contributed by atoms with van der Waals surface area (Å²) in [6.07, 6.45) is -1.23. The van der Waals surface area contributed by atoms with Crippen molar-refractivity contribution in [3.8, 4) is 0 Å². The lowest BCUT2D eigenvalue weighted by Gasteiger charge is -2.16. The van der Waals surface area contributed by atoms with Crippen LogP contribution in [0.1, 0.15) is 10.4 Å². The third-order valence-electron chi connectivity index (χ3n) is 3.23.